The number of para-hydroxylation sites is 2. The summed E-state index contributed by atoms with van der Waals surface area (Å²) in [6.45, 7) is 0.308. The zero-order valence-electron chi connectivity index (χ0n) is 14.8. The SMILES string of the molecule is O=C(Cn1c(-c2ccccn2)nc2ccccc21)Nc1ccc2c(c1)OCO2. The van der Waals surface area contributed by atoms with E-state index in [1.165, 1.54) is 0 Å². The third kappa shape index (κ3) is 2.92. The van der Waals surface area contributed by atoms with E-state index in [1.54, 1.807) is 24.4 Å². The maximum Gasteiger partial charge on any atom is 0.244 e. The van der Waals surface area contributed by atoms with Crippen LogP contribution in [0.1, 0.15) is 0 Å². The van der Waals surface area contributed by atoms with E-state index in [2.05, 4.69) is 15.3 Å². The van der Waals surface area contributed by atoms with Crippen molar-refractivity contribution >= 4 is 22.6 Å². The van der Waals surface area contributed by atoms with Crippen LogP contribution in [0.4, 0.5) is 5.69 Å². The van der Waals surface area contributed by atoms with E-state index in [0.717, 1.165) is 16.7 Å². The Hall–Kier alpha value is -3.87. The number of imidazole rings is 1. The topological polar surface area (TPSA) is 78.3 Å². The number of anilines is 1. The van der Waals surface area contributed by atoms with Crippen molar-refractivity contribution < 1.29 is 14.3 Å². The third-order valence-corrected chi connectivity index (χ3v) is 4.51. The highest BCUT2D eigenvalue weighted by atomic mass is 16.7. The molecule has 7 heteroatoms. The quantitative estimate of drug-likeness (QED) is 0.593. The molecule has 1 aliphatic heterocycles. The zero-order chi connectivity index (χ0) is 18.9. The number of fused-ring (bicyclic) bond motifs is 2. The predicted octanol–water partition coefficient (Wildman–Crippen LogP) is 3.47. The molecule has 138 valence electrons. The Morgan fingerprint density at radius 3 is 2.79 bits per heavy atom. The standard InChI is InChI=1S/C21H16N4O3/c26-20(23-14-8-9-18-19(11-14)28-13-27-18)12-25-17-7-2-1-5-15(17)24-21(25)16-6-3-4-10-22-16/h1-11H,12-13H2,(H,23,26). The Balaban J connectivity index is 1.46. The number of hydrogen-bond donors (Lipinski definition) is 1. The van der Waals surface area contributed by atoms with Crippen LogP contribution >= 0.6 is 0 Å². The third-order valence-electron chi connectivity index (χ3n) is 4.51. The van der Waals surface area contributed by atoms with Gasteiger partial charge in [0.15, 0.2) is 17.3 Å². The van der Waals surface area contributed by atoms with E-state index in [9.17, 15) is 4.79 Å². The molecule has 0 spiro atoms. The molecule has 2 aromatic heterocycles. The molecule has 7 nitrogen and oxygen atoms in total. The van der Waals surface area contributed by atoms with Crippen molar-refractivity contribution in [1.82, 2.24) is 14.5 Å². The van der Waals surface area contributed by atoms with Crippen LogP contribution in [-0.4, -0.2) is 27.2 Å². The van der Waals surface area contributed by atoms with E-state index in [4.69, 9.17) is 9.47 Å². The lowest BCUT2D eigenvalue weighted by molar-refractivity contribution is -0.116. The van der Waals surface area contributed by atoms with E-state index in [0.29, 0.717) is 23.0 Å². The molecule has 0 fully saturated rings. The summed E-state index contributed by atoms with van der Waals surface area (Å²) in [5.41, 5.74) is 3.07. The second-order valence-electron chi connectivity index (χ2n) is 6.34. The maximum absolute atomic E-state index is 12.8. The molecule has 0 bridgehead atoms. The normalized spacial score (nSPS) is 12.3. The first-order valence-corrected chi connectivity index (χ1v) is 8.84. The van der Waals surface area contributed by atoms with Gasteiger partial charge in [-0.05, 0) is 36.4 Å². The molecule has 1 aliphatic rings. The summed E-state index contributed by atoms with van der Waals surface area (Å²) >= 11 is 0. The summed E-state index contributed by atoms with van der Waals surface area (Å²) in [4.78, 5) is 21.8. The molecule has 0 saturated carbocycles. The van der Waals surface area contributed by atoms with Gasteiger partial charge < -0.3 is 19.4 Å². The second kappa shape index (κ2) is 6.70. The Morgan fingerprint density at radius 2 is 1.89 bits per heavy atom. The van der Waals surface area contributed by atoms with Crippen molar-refractivity contribution in [3.63, 3.8) is 0 Å². The van der Waals surface area contributed by atoms with Gasteiger partial charge >= 0.3 is 0 Å². The number of nitrogens with zero attached hydrogens (tertiary/aromatic N) is 3. The maximum atomic E-state index is 12.8. The number of ether oxygens (including phenoxy) is 2. The molecular formula is C21H16N4O3. The molecule has 0 unspecified atom stereocenters. The molecule has 0 aliphatic carbocycles. The van der Waals surface area contributed by atoms with Crippen LogP contribution in [0.2, 0.25) is 0 Å². The minimum Gasteiger partial charge on any atom is -0.454 e. The highest BCUT2D eigenvalue weighted by molar-refractivity contribution is 5.93. The molecule has 28 heavy (non-hydrogen) atoms. The van der Waals surface area contributed by atoms with Gasteiger partial charge in [-0.1, -0.05) is 18.2 Å². The average molecular weight is 372 g/mol. The van der Waals surface area contributed by atoms with Crippen LogP contribution in [0.25, 0.3) is 22.6 Å². The van der Waals surface area contributed by atoms with Gasteiger partial charge in [0.05, 0.1) is 11.0 Å². The average Bonchev–Trinajstić information content (AvgIpc) is 3.33. The van der Waals surface area contributed by atoms with Crippen LogP contribution in [0, 0.1) is 0 Å². The Morgan fingerprint density at radius 1 is 1.04 bits per heavy atom. The van der Waals surface area contributed by atoms with E-state index in [1.807, 2.05) is 47.0 Å². The summed E-state index contributed by atoms with van der Waals surface area (Å²) in [5.74, 6) is 1.79. The number of pyridine rings is 1. The summed E-state index contributed by atoms with van der Waals surface area (Å²) < 4.78 is 12.5. The fourth-order valence-electron chi connectivity index (χ4n) is 3.24. The van der Waals surface area contributed by atoms with E-state index < -0.39 is 0 Å². The fourth-order valence-corrected chi connectivity index (χ4v) is 3.24. The number of nitrogens with one attached hydrogen (secondary N) is 1. The molecule has 5 rings (SSSR count). The number of rotatable bonds is 4. The van der Waals surface area contributed by atoms with Gasteiger partial charge in [0, 0.05) is 18.0 Å². The largest absolute Gasteiger partial charge is 0.454 e. The van der Waals surface area contributed by atoms with E-state index >= 15 is 0 Å². The van der Waals surface area contributed by atoms with Gasteiger partial charge in [0.25, 0.3) is 0 Å². The molecule has 0 saturated heterocycles. The first-order valence-electron chi connectivity index (χ1n) is 8.84. The molecule has 0 atom stereocenters. The number of amides is 1. The molecule has 2 aromatic carbocycles. The minimum atomic E-state index is -0.167. The lowest BCUT2D eigenvalue weighted by atomic mass is 10.2. The van der Waals surface area contributed by atoms with Gasteiger partial charge in [-0.15, -0.1) is 0 Å². The van der Waals surface area contributed by atoms with Gasteiger partial charge in [-0.2, -0.15) is 0 Å². The fraction of sp³-hybridized carbons (Fsp3) is 0.0952. The lowest BCUT2D eigenvalue weighted by Gasteiger charge is -2.10. The molecule has 1 N–H and O–H groups in total. The van der Waals surface area contributed by atoms with Crippen LogP contribution in [0.15, 0.2) is 66.9 Å². The van der Waals surface area contributed by atoms with Crippen molar-refractivity contribution in [2.24, 2.45) is 0 Å². The van der Waals surface area contributed by atoms with E-state index in [-0.39, 0.29) is 19.2 Å². The van der Waals surface area contributed by atoms with Crippen LogP contribution < -0.4 is 14.8 Å². The summed E-state index contributed by atoms with van der Waals surface area (Å²) in [6.07, 6.45) is 1.71. The number of carbonyl (C=O) groups is 1. The number of benzene rings is 2. The van der Waals surface area contributed by atoms with Crippen molar-refractivity contribution in [2.45, 2.75) is 6.54 Å². The Bertz CT molecular complexity index is 1170. The highest BCUT2D eigenvalue weighted by Crippen LogP contribution is 2.34. The molecule has 1 amide bonds. The van der Waals surface area contributed by atoms with Crippen molar-refractivity contribution in [1.29, 1.82) is 0 Å². The number of aromatic nitrogens is 3. The van der Waals surface area contributed by atoms with Crippen molar-refractivity contribution in [3.05, 3.63) is 66.9 Å². The summed E-state index contributed by atoms with van der Waals surface area (Å²) in [6, 6.07) is 18.7. The summed E-state index contributed by atoms with van der Waals surface area (Å²) in [7, 11) is 0. The highest BCUT2D eigenvalue weighted by Gasteiger charge is 2.17. The first kappa shape index (κ1) is 16.3. The smallest absolute Gasteiger partial charge is 0.244 e. The lowest BCUT2D eigenvalue weighted by Crippen LogP contribution is -2.19. The van der Waals surface area contributed by atoms with Gasteiger partial charge in [0.2, 0.25) is 12.7 Å². The second-order valence-corrected chi connectivity index (χ2v) is 6.34. The van der Waals surface area contributed by atoms with Crippen molar-refractivity contribution in [2.75, 3.05) is 12.1 Å². The van der Waals surface area contributed by atoms with Crippen LogP contribution in [0.5, 0.6) is 11.5 Å². The Labute approximate surface area is 160 Å². The number of hydrogen-bond acceptors (Lipinski definition) is 5. The molecule has 0 radical (unpaired) electrons. The van der Waals surface area contributed by atoms with Gasteiger partial charge in [-0.25, -0.2) is 4.98 Å². The first-order chi connectivity index (χ1) is 13.8. The minimum absolute atomic E-state index is 0.112. The monoisotopic (exact) mass is 372 g/mol. The van der Waals surface area contributed by atoms with Crippen LogP contribution in [0.3, 0.4) is 0 Å². The zero-order valence-corrected chi connectivity index (χ0v) is 14.8. The summed E-state index contributed by atoms with van der Waals surface area (Å²) in [5, 5.41) is 2.91. The van der Waals surface area contributed by atoms with Crippen LogP contribution in [-0.2, 0) is 11.3 Å². The Kier molecular flexibility index (Phi) is 3.90. The van der Waals surface area contributed by atoms with Gasteiger partial charge in [0.1, 0.15) is 12.2 Å². The molecule has 4 aromatic rings. The molecule has 3 heterocycles. The van der Waals surface area contributed by atoms with Crippen molar-refractivity contribution in [3.8, 4) is 23.0 Å². The number of carbonyl (C=O) groups excluding carboxylic acids is 1. The molecular weight excluding hydrogens is 356 g/mol. The van der Waals surface area contributed by atoms with Gasteiger partial charge in [-0.3, -0.25) is 9.78 Å². The predicted molar refractivity (Wildman–Crippen MR) is 104 cm³/mol.